The zero-order chi connectivity index (χ0) is 12.3. The van der Waals surface area contributed by atoms with Gasteiger partial charge in [0.05, 0.1) is 13.2 Å². The van der Waals surface area contributed by atoms with Crippen LogP contribution in [0.1, 0.15) is 16.2 Å². The lowest BCUT2D eigenvalue weighted by molar-refractivity contribution is 0.0691. The van der Waals surface area contributed by atoms with Crippen molar-refractivity contribution in [3.8, 4) is 5.75 Å². The maximum absolute atomic E-state index is 10.9. The van der Waals surface area contributed by atoms with E-state index in [-0.39, 0.29) is 17.9 Å². The van der Waals surface area contributed by atoms with Crippen LogP contribution in [0.2, 0.25) is 0 Å². The van der Waals surface area contributed by atoms with Gasteiger partial charge in [-0.2, -0.15) is 4.80 Å². The summed E-state index contributed by atoms with van der Waals surface area (Å²) in [6.45, 7) is 0.0415. The first-order valence-corrected chi connectivity index (χ1v) is 4.70. The summed E-state index contributed by atoms with van der Waals surface area (Å²) in [4.78, 5) is 16.0. The summed E-state index contributed by atoms with van der Waals surface area (Å²) in [6, 6.07) is 1.36. The van der Waals surface area contributed by atoms with Crippen LogP contribution in [0.3, 0.4) is 0 Å². The zero-order valence-electron chi connectivity index (χ0n) is 8.94. The number of aromatic carboxylic acids is 1. The van der Waals surface area contributed by atoms with Crippen molar-refractivity contribution in [3.05, 3.63) is 29.8 Å². The number of aryl methyl sites for hydroxylation is 1. The Morgan fingerprint density at radius 3 is 3.06 bits per heavy atom. The normalized spacial score (nSPS) is 10.2. The van der Waals surface area contributed by atoms with Gasteiger partial charge in [0, 0.05) is 6.20 Å². The fraction of sp³-hybridized carbons (Fsp3) is 0.222. The summed E-state index contributed by atoms with van der Waals surface area (Å²) in [7, 11) is 1.63. The SMILES string of the molecule is Cn1nnc(COc2cnccc2C(=O)O)n1. The zero-order valence-corrected chi connectivity index (χ0v) is 8.94. The number of hydrogen-bond donors (Lipinski definition) is 1. The summed E-state index contributed by atoms with van der Waals surface area (Å²) >= 11 is 0. The van der Waals surface area contributed by atoms with Crippen LogP contribution in [-0.4, -0.2) is 36.3 Å². The Morgan fingerprint density at radius 2 is 2.41 bits per heavy atom. The van der Waals surface area contributed by atoms with Crippen LogP contribution in [0, 0.1) is 0 Å². The average Bonchev–Trinajstić information content (AvgIpc) is 2.73. The highest BCUT2D eigenvalue weighted by Gasteiger charge is 2.11. The second-order valence-corrected chi connectivity index (χ2v) is 3.16. The van der Waals surface area contributed by atoms with Gasteiger partial charge in [-0.15, -0.1) is 10.2 Å². The molecule has 0 unspecified atom stereocenters. The Labute approximate surface area is 95.9 Å². The number of pyridine rings is 1. The third-order valence-corrected chi connectivity index (χ3v) is 1.92. The van der Waals surface area contributed by atoms with Gasteiger partial charge in [0.25, 0.3) is 0 Å². The molecule has 0 atom stereocenters. The fourth-order valence-electron chi connectivity index (χ4n) is 1.20. The highest BCUT2D eigenvalue weighted by Crippen LogP contribution is 2.16. The van der Waals surface area contributed by atoms with Crippen molar-refractivity contribution in [2.24, 2.45) is 7.05 Å². The third kappa shape index (κ3) is 2.54. The van der Waals surface area contributed by atoms with Crippen LogP contribution >= 0.6 is 0 Å². The molecule has 2 aromatic heterocycles. The molecule has 0 aliphatic carbocycles. The smallest absolute Gasteiger partial charge is 0.339 e. The molecule has 0 bridgehead atoms. The molecule has 8 nitrogen and oxygen atoms in total. The van der Waals surface area contributed by atoms with Crippen molar-refractivity contribution in [3.63, 3.8) is 0 Å². The lowest BCUT2D eigenvalue weighted by atomic mass is 10.2. The number of hydrogen-bond acceptors (Lipinski definition) is 6. The standard InChI is InChI=1S/C9H9N5O3/c1-14-12-8(11-13-14)5-17-7-4-10-3-2-6(7)9(15)16/h2-4H,5H2,1H3,(H,15,16). The minimum atomic E-state index is -1.07. The van der Waals surface area contributed by atoms with Gasteiger partial charge in [0.15, 0.2) is 12.4 Å². The third-order valence-electron chi connectivity index (χ3n) is 1.92. The molecule has 2 rings (SSSR count). The fourth-order valence-corrected chi connectivity index (χ4v) is 1.20. The number of nitrogens with zero attached hydrogens (tertiary/aromatic N) is 5. The molecular formula is C9H9N5O3. The number of carbonyl (C=O) groups is 1. The van der Waals surface area contributed by atoms with E-state index in [0.717, 1.165) is 0 Å². The second-order valence-electron chi connectivity index (χ2n) is 3.16. The average molecular weight is 235 g/mol. The van der Waals surface area contributed by atoms with E-state index in [1.165, 1.54) is 23.3 Å². The van der Waals surface area contributed by atoms with Gasteiger partial charge >= 0.3 is 5.97 Å². The van der Waals surface area contributed by atoms with Gasteiger partial charge in [0.2, 0.25) is 5.82 Å². The van der Waals surface area contributed by atoms with Gasteiger partial charge in [0.1, 0.15) is 5.56 Å². The lowest BCUT2D eigenvalue weighted by Crippen LogP contribution is -2.05. The van der Waals surface area contributed by atoms with Crippen LogP contribution in [-0.2, 0) is 13.7 Å². The van der Waals surface area contributed by atoms with Crippen LogP contribution in [0.15, 0.2) is 18.5 Å². The van der Waals surface area contributed by atoms with Crippen molar-refractivity contribution in [2.75, 3.05) is 0 Å². The van der Waals surface area contributed by atoms with Crippen molar-refractivity contribution >= 4 is 5.97 Å². The van der Waals surface area contributed by atoms with Crippen molar-refractivity contribution in [1.82, 2.24) is 25.2 Å². The number of carboxylic acids is 1. The molecule has 1 N–H and O–H groups in total. The van der Waals surface area contributed by atoms with E-state index in [9.17, 15) is 4.79 Å². The topological polar surface area (TPSA) is 103 Å². The molecule has 0 spiro atoms. The predicted molar refractivity (Wildman–Crippen MR) is 54.3 cm³/mol. The Bertz CT molecular complexity index is 539. The summed E-state index contributed by atoms with van der Waals surface area (Å²) in [5.74, 6) is -0.533. The Morgan fingerprint density at radius 1 is 1.59 bits per heavy atom. The van der Waals surface area contributed by atoms with E-state index in [1.54, 1.807) is 7.05 Å². The van der Waals surface area contributed by atoms with E-state index in [0.29, 0.717) is 5.82 Å². The summed E-state index contributed by atoms with van der Waals surface area (Å²) in [5.41, 5.74) is 0.0453. The molecule has 8 heteroatoms. The van der Waals surface area contributed by atoms with Gasteiger partial charge < -0.3 is 9.84 Å². The molecule has 0 saturated carbocycles. The van der Waals surface area contributed by atoms with E-state index in [1.807, 2.05) is 0 Å². The summed E-state index contributed by atoms with van der Waals surface area (Å²) < 4.78 is 5.28. The first kappa shape index (κ1) is 11.0. The van der Waals surface area contributed by atoms with Crippen molar-refractivity contribution < 1.29 is 14.6 Å². The summed E-state index contributed by atoms with van der Waals surface area (Å²) in [5, 5.41) is 20.2. The molecule has 0 radical (unpaired) electrons. The lowest BCUT2D eigenvalue weighted by Gasteiger charge is -2.05. The second kappa shape index (κ2) is 4.56. The van der Waals surface area contributed by atoms with Gasteiger partial charge in [-0.05, 0) is 11.3 Å². The molecule has 88 valence electrons. The van der Waals surface area contributed by atoms with E-state index >= 15 is 0 Å². The molecule has 2 aromatic rings. The molecule has 0 amide bonds. The molecule has 0 aliphatic rings. The molecule has 0 saturated heterocycles. The number of carboxylic acid groups (broad SMARTS) is 1. The monoisotopic (exact) mass is 235 g/mol. The van der Waals surface area contributed by atoms with Gasteiger partial charge in [-0.1, -0.05) is 0 Å². The number of aromatic nitrogens is 5. The van der Waals surface area contributed by atoms with E-state index in [4.69, 9.17) is 9.84 Å². The Hall–Kier alpha value is -2.51. The van der Waals surface area contributed by atoms with E-state index < -0.39 is 5.97 Å². The maximum atomic E-state index is 10.9. The molecule has 0 fully saturated rings. The molecule has 2 heterocycles. The first-order valence-electron chi connectivity index (χ1n) is 4.70. The number of rotatable bonds is 4. The molecule has 0 aromatic carbocycles. The first-order chi connectivity index (χ1) is 8.16. The Balaban J connectivity index is 2.11. The predicted octanol–water partition coefficient (Wildman–Crippen LogP) is -0.118. The summed E-state index contributed by atoms with van der Waals surface area (Å²) in [6.07, 6.45) is 2.72. The Kier molecular flexibility index (Phi) is 2.95. The van der Waals surface area contributed by atoms with Gasteiger partial charge in [-0.25, -0.2) is 4.79 Å². The van der Waals surface area contributed by atoms with E-state index in [2.05, 4.69) is 20.4 Å². The number of tetrazole rings is 1. The molecule has 17 heavy (non-hydrogen) atoms. The molecular weight excluding hydrogens is 226 g/mol. The molecule has 0 aliphatic heterocycles. The van der Waals surface area contributed by atoms with Gasteiger partial charge in [-0.3, -0.25) is 4.98 Å². The van der Waals surface area contributed by atoms with Crippen LogP contribution < -0.4 is 4.74 Å². The van der Waals surface area contributed by atoms with Crippen LogP contribution in [0.25, 0.3) is 0 Å². The van der Waals surface area contributed by atoms with Crippen molar-refractivity contribution in [1.29, 1.82) is 0 Å². The minimum absolute atomic E-state index is 0.0415. The highest BCUT2D eigenvalue weighted by atomic mass is 16.5. The van der Waals surface area contributed by atoms with Crippen molar-refractivity contribution in [2.45, 2.75) is 6.61 Å². The largest absolute Gasteiger partial charge is 0.483 e. The van der Waals surface area contributed by atoms with Crippen LogP contribution in [0.4, 0.5) is 0 Å². The minimum Gasteiger partial charge on any atom is -0.483 e. The van der Waals surface area contributed by atoms with Crippen LogP contribution in [0.5, 0.6) is 5.75 Å². The maximum Gasteiger partial charge on any atom is 0.339 e. The highest BCUT2D eigenvalue weighted by molar-refractivity contribution is 5.90. The number of ether oxygens (including phenoxy) is 1. The quantitative estimate of drug-likeness (QED) is 0.787.